The van der Waals surface area contributed by atoms with Crippen molar-refractivity contribution in [2.75, 3.05) is 13.2 Å². The molecule has 29 heavy (non-hydrogen) atoms. The van der Waals surface area contributed by atoms with Crippen LogP contribution in [0, 0.1) is 0 Å². The molecule has 0 aliphatic carbocycles. The average molecular weight is 404 g/mol. The summed E-state index contributed by atoms with van der Waals surface area (Å²) in [7, 11) is 0. The summed E-state index contributed by atoms with van der Waals surface area (Å²) in [5.74, 6) is 0.754. The Kier molecular flexibility index (Phi) is 4.75. The lowest BCUT2D eigenvalue weighted by Crippen LogP contribution is -2.26. The van der Waals surface area contributed by atoms with Gasteiger partial charge in [-0.2, -0.15) is 0 Å². The second-order valence-corrected chi connectivity index (χ2v) is 7.84. The van der Waals surface area contributed by atoms with Crippen LogP contribution in [-0.4, -0.2) is 37.7 Å². The van der Waals surface area contributed by atoms with Crippen LogP contribution in [0.2, 0.25) is 0 Å². The monoisotopic (exact) mass is 404 g/mol. The predicted molar refractivity (Wildman–Crippen MR) is 112 cm³/mol. The molecule has 0 saturated heterocycles. The Morgan fingerprint density at radius 1 is 1.14 bits per heavy atom. The smallest absolute Gasteiger partial charge is 0.193 e. The van der Waals surface area contributed by atoms with Gasteiger partial charge in [0.2, 0.25) is 0 Å². The van der Waals surface area contributed by atoms with E-state index in [0.29, 0.717) is 18.9 Å². The molecule has 0 spiro atoms. The van der Waals surface area contributed by atoms with Gasteiger partial charge in [0.25, 0.3) is 0 Å². The van der Waals surface area contributed by atoms with Gasteiger partial charge in [0.05, 0.1) is 0 Å². The third-order valence-corrected chi connectivity index (χ3v) is 5.80. The van der Waals surface area contributed by atoms with Crippen LogP contribution in [0.25, 0.3) is 16.3 Å². The Balaban J connectivity index is 1.44. The molecule has 0 atom stereocenters. The van der Waals surface area contributed by atoms with Crippen molar-refractivity contribution in [3.8, 4) is 27.8 Å². The fourth-order valence-corrected chi connectivity index (χ4v) is 4.34. The number of phenols is 1. The summed E-state index contributed by atoms with van der Waals surface area (Å²) in [5, 5.41) is 13.5. The fraction of sp³-hybridized carbons (Fsp3) is 0.182. The van der Waals surface area contributed by atoms with E-state index in [2.05, 4.69) is 31.6 Å². The quantitative estimate of drug-likeness (QED) is 0.555. The molecule has 0 saturated carbocycles. The number of rotatable bonds is 4. The first kappa shape index (κ1) is 17.9. The summed E-state index contributed by atoms with van der Waals surface area (Å²) < 4.78 is 8.02. The molecule has 1 aliphatic rings. The van der Waals surface area contributed by atoms with Crippen LogP contribution in [0.3, 0.4) is 0 Å². The standard InChI is InChI=1S/C22H20N4O2S/c27-20-12-17(16-3-1-5-23-13-16)11-18-14-25(8-9-28-21(18)20)15-19-4-2-7-26(19)22-24-6-10-29-22/h1-7,10-13,27H,8-9,14-15H2. The largest absolute Gasteiger partial charge is 0.504 e. The molecule has 5 rings (SSSR count). The first-order chi connectivity index (χ1) is 14.3. The second kappa shape index (κ2) is 7.69. The minimum atomic E-state index is 0.175. The van der Waals surface area contributed by atoms with E-state index in [4.69, 9.17) is 4.74 Å². The Labute approximate surface area is 172 Å². The number of aromatic nitrogens is 3. The van der Waals surface area contributed by atoms with Gasteiger partial charge >= 0.3 is 0 Å². The summed E-state index contributed by atoms with van der Waals surface area (Å²) in [5.41, 5.74) is 4.06. The molecule has 7 heteroatoms. The van der Waals surface area contributed by atoms with Gasteiger partial charge in [-0.05, 0) is 35.9 Å². The molecule has 146 valence electrons. The van der Waals surface area contributed by atoms with Crippen LogP contribution in [0.15, 0.2) is 66.6 Å². The highest BCUT2D eigenvalue weighted by Gasteiger charge is 2.21. The van der Waals surface area contributed by atoms with Crippen molar-refractivity contribution < 1.29 is 9.84 Å². The number of nitrogens with zero attached hydrogens (tertiary/aromatic N) is 4. The zero-order valence-electron chi connectivity index (χ0n) is 15.7. The number of ether oxygens (including phenoxy) is 1. The normalized spacial score (nSPS) is 14.2. The molecule has 1 aromatic carbocycles. The van der Waals surface area contributed by atoms with E-state index in [1.54, 1.807) is 29.8 Å². The van der Waals surface area contributed by atoms with E-state index < -0.39 is 0 Å². The van der Waals surface area contributed by atoms with Crippen LogP contribution in [0.4, 0.5) is 0 Å². The highest BCUT2D eigenvalue weighted by Crippen LogP contribution is 2.37. The SMILES string of the molecule is Oc1cc(-c2cccnc2)cc2c1OCCN(Cc1cccn1-c1nccs1)C2. The molecule has 1 N–H and O–H groups in total. The summed E-state index contributed by atoms with van der Waals surface area (Å²) in [4.78, 5) is 10.9. The number of benzene rings is 1. The van der Waals surface area contributed by atoms with Gasteiger partial charge < -0.3 is 9.84 Å². The Bertz CT molecular complexity index is 1110. The van der Waals surface area contributed by atoms with Crippen molar-refractivity contribution in [3.63, 3.8) is 0 Å². The number of hydrogen-bond donors (Lipinski definition) is 1. The van der Waals surface area contributed by atoms with Crippen molar-refractivity contribution >= 4 is 11.3 Å². The molecule has 0 bridgehead atoms. The maximum atomic E-state index is 10.6. The van der Waals surface area contributed by atoms with Crippen molar-refractivity contribution in [1.82, 2.24) is 19.4 Å². The zero-order chi connectivity index (χ0) is 19.6. The Hall–Kier alpha value is -3.16. The van der Waals surface area contributed by atoms with Crippen molar-refractivity contribution in [2.45, 2.75) is 13.1 Å². The summed E-state index contributed by atoms with van der Waals surface area (Å²) in [6.07, 6.45) is 7.41. The molecule has 4 aromatic rings. The first-order valence-corrected chi connectivity index (χ1v) is 10.3. The van der Waals surface area contributed by atoms with Crippen molar-refractivity contribution in [3.05, 3.63) is 77.8 Å². The molecular formula is C22H20N4O2S. The van der Waals surface area contributed by atoms with E-state index in [1.165, 1.54) is 5.69 Å². The second-order valence-electron chi connectivity index (χ2n) is 6.97. The molecule has 3 aromatic heterocycles. The van der Waals surface area contributed by atoms with Gasteiger partial charge in [0, 0.05) is 66.6 Å². The summed E-state index contributed by atoms with van der Waals surface area (Å²) >= 11 is 1.62. The molecule has 0 amide bonds. The molecule has 0 radical (unpaired) electrons. The third kappa shape index (κ3) is 3.62. The molecule has 6 nitrogen and oxygen atoms in total. The van der Waals surface area contributed by atoms with Gasteiger partial charge in [-0.1, -0.05) is 6.07 Å². The van der Waals surface area contributed by atoms with Crippen LogP contribution in [0.1, 0.15) is 11.3 Å². The highest BCUT2D eigenvalue weighted by atomic mass is 32.1. The maximum absolute atomic E-state index is 10.6. The van der Waals surface area contributed by atoms with Gasteiger partial charge in [-0.15, -0.1) is 11.3 Å². The Morgan fingerprint density at radius 2 is 2.10 bits per heavy atom. The third-order valence-electron chi connectivity index (χ3n) is 5.03. The van der Waals surface area contributed by atoms with Crippen molar-refractivity contribution in [1.29, 1.82) is 0 Å². The van der Waals surface area contributed by atoms with Crippen LogP contribution in [0.5, 0.6) is 11.5 Å². The lowest BCUT2D eigenvalue weighted by molar-refractivity contribution is 0.214. The number of pyridine rings is 1. The van der Waals surface area contributed by atoms with E-state index in [9.17, 15) is 5.11 Å². The van der Waals surface area contributed by atoms with Crippen LogP contribution in [-0.2, 0) is 13.1 Å². The number of thiazole rings is 1. The van der Waals surface area contributed by atoms with E-state index >= 15 is 0 Å². The average Bonchev–Trinajstić information content (AvgIpc) is 3.37. The lowest BCUT2D eigenvalue weighted by atomic mass is 10.0. The zero-order valence-corrected chi connectivity index (χ0v) is 16.5. The number of aromatic hydroxyl groups is 1. The molecule has 4 heterocycles. The van der Waals surface area contributed by atoms with Crippen molar-refractivity contribution in [2.24, 2.45) is 0 Å². The van der Waals surface area contributed by atoms with E-state index in [0.717, 1.165) is 34.9 Å². The summed E-state index contributed by atoms with van der Waals surface area (Å²) in [6, 6.07) is 11.9. The molecule has 0 unspecified atom stereocenters. The first-order valence-electron chi connectivity index (χ1n) is 9.45. The van der Waals surface area contributed by atoms with Crippen LogP contribution >= 0.6 is 11.3 Å². The molecule has 0 fully saturated rings. The highest BCUT2D eigenvalue weighted by molar-refractivity contribution is 7.12. The minimum absolute atomic E-state index is 0.175. The number of fused-ring (bicyclic) bond motifs is 1. The Morgan fingerprint density at radius 3 is 2.93 bits per heavy atom. The van der Waals surface area contributed by atoms with Crippen LogP contribution < -0.4 is 4.74 Å². The minimum Gasteiger partial charge on any atom is -0.504 e. The van der Waals surface area contributed by atoms with E-state index in [-0.39, 0.29) is 5.75 Å². The predicted octanol–water partition coefficient (Wildman–Crippen LogP) is 4.10. The lowest BCUT2D eigenvalue weighted by Gasteiger charge is -2.20. The van der Waals surface area contributed by atoms with Gasteiger partial charge in [-0.3, -0.25) is 14.5 Å². The number of phenolic OH excluding ortho intramolecular Hbond substituents is 1. The van der Waals surface area contributed by atoms with Gasteiger partial charge in [-0.25, -0.2) is 4.98 Å². The number of hydrogen-bond acceptors (Lipinski definition) is 6. The molecular weight excluding hydrogens is 384 g/mol. The van der Waals surface area contributed by atoms with Gasteiger partial charge in [0.1, 0.15) is 6.61 Å². The topological polar surface area (TPSA) is 63.4 Å². The fourth-order valence-electron chi connectivity index (χ4n) is 3.68. The molecule has 1 aliphatic heterocycles. The summed E-state index contributed by atoms with van der Waals surface area (Å²) in [6.45, 7) is 2.78. The van der Waals surface area contributed by atoms with Gasteiger partial charge in [0.15, 0.2) is 16.6 Å². The maximum Gasteiger partial charge on any atom is 0.193 e. The van der Waals surface area contributed by atoms with E-state index in [1.807, 2.05) is 36.0 Å².